The first-order valence-corrected chi connectivity index (χ1v) is 14.7. The maximum absolute atomic E-state index is 14.0. The molecule has 0 radical (unpaired) electrons. The molecule has 1 saturated carbocycles. The molecule has 2 heterocycles. The van der Waals surface area contributed by atoms with Gasteiger partial charge in [0.25, 0.3) is 0 Å². The highest BCUT2D eigenvalue weighted by molar-refractivity contribution is 6.05. The van der Waals surface area contributed by atoms with Gasteiger partial charge in [-0.15, -0.1) is 0 Å². The van der Waals surface area contributed by atoms with Crippen molar-refractivity contribution in [1.29, 1.82) is 0 Å². The van der Waals surface area contributed by atoms with Crippen LogP contribution in [0.3, 0.4) is 0 Å². The zero-order chi connectivity index (χ0) is 28.4. The summed E-state index contributed by atoms with van der Waals surface area (Å²) in [6.45, 7) is 2.34. The monoisotopic (exact) mass is 556 g/mol. The molecular weight excluding hydrogens is 511 g/mol. The van der Waals surface area contributed by atoms with Crippen LogP contribution in [0.15, 0.2) is 35.3 Å². The van der Waals surface area contributed by atoms with Crippen molar-refractivity contribution in [3.63, 3.8) is 0 Å². The predicted molar refractivity (Wildman–Crippen MR) is 155 cm³/mol. The number of methoxy groups -OCH3 is 2. The Morgan fingerprint density at radius 3 is 2.42 bits per heavy atom. The molecule has 4 rings (SSSR count). The van der Waals surface area contributed by atoms with E-state index in [0.717, 1.165) is 49.8 Å². The second kappa shape index (κ2) is 14.7. The number of nitrogens with one attached hydrogen (secondary N) is 4. The summed E-state index contributed by atoms with van der Waals surface area (Å²) in [5.74, 6) is 0.266. The summed E-state index contributed by atoms with van der Waals surface area (Å²) in [6.07, 6.45) is 11.7. The number of aliphatic imine (C=N–C) groups is 1. The normalized spacial score (nSPS) is 22.9. The molecule has 9 nitrogen and oxygen atoms in total. The second-order valence-electron chi connectivity index (χ2n) is 11.2. The van der Waals surface area contributed by atoms with Crippen molar-refractivity contribution < 1.29 is 18.7 Å². The molecule has 1 saturated heterocycles. The number of piperidine rings is 1. The predicted octanol–water partition coefficient (Wildman–Crippen LogP) is 5.37. The van der Waals surface area contributed by atoms with Crippen LogP contribution in [0.4, 0.5) is 10.2 Å². The highest BCUT2D eigenvalue weighted by Crippen LogP contribution is 2.39. The summed E-state index contributed by atoms with van der Waals surface area (Å²) in [5, 5.41) is 17.4. The first-order chi connectivity index (χ1) is 19.4. The molecular formula is C30H45FN6O3. The lowest BCUT2D eigenvalue weighted by Crippen LogP contribution is -2.63. The minimum atomic E-state index is -0.314. The number of aromatic amines is 1. The highest BCUT2D eigenvalue weighted by atomic mass is 19.1. The van der Waals surface area contributed by atoms with Crippen molar-refractivity contribution >= 4 is 17.7 Å². The Balaban J connectivity index is 1.54. The number of H-pyrrole nitrogens is 1. The van der Waals surface area contributed by atoms with Crippen LogP contribution >= 0.6 is 0 Å². The van der Waals surface area contributed by atoms with Crippen LogP contribution in [0, 0.1) is 11.7 Å². The van der Waals surface area contributed by atoms with Gasteiger partial charge in [-0.3, -0.25) is 20.5 Å². The van der Waals surface area contributed by atoms with Crippen molar-refractivity contribution in [3.05, 3.63) is 36.1 Å². The van der Waals surface area contributed by atoms with E-state index in [4.69, 9.17) is 14.5 Å². The Morgan fingerprint density at radius 2 is 1.77 bits per heavy atom. The van der Waals surface area contributed by atoms with E-state index in [-0.39, 0.29) is 35.5 Å². The number of hydrogen-bond acceptors (Lipinski definition) is 6. The highest BCUT2D eigenvalue weighted by Gasteiger charge is 2.46. The maximum atomic E-state index is 14.0. The van der Waals surface area contributed by atoms with E-state index in [9.17, 15) is 9.18 Å². The fourth-order valence-electron chi connectivity index (χ4n) is 6.11. The maximum Gasteiger partial charge on any atom is 0.231 e. The van der Waals surface area contributed by atoms with Crippen LogP contribution in [-0.4, -0.2) is 60.7 Å². The van der Waals surface area contributed by atoms with E-state index in [2.05, 4.69) is 26.1 Å². The van der Waals surface area contributed by atoms with E-state index in [0.29, 0.717) is 18.4 Å². The van der Waals surface area contributed by atoms with Crippen molar-refractivity contribution in [2.45, 2.75) is 95.4 Å². The Morgan fingerprint density at radius 1 is 1.10 bits per heavy atom. The van der Waals surface area contributed by atoms with Gasteiger partial charge in [-0.2, -0.15) is 5.10 Å². The Kier molecular flexibility index (Phi) is 11.1. The van der Waals surface area contributed by atoms with Crippen LogP contribution in [0.2, 0.25) is 0 Å². The molecule has 2 aromatic rings. The largest absolute Gasteiger partial charge is 0.382 e. The number of carbonyl (C=O) groups excluding carboxylic acids is 1. The van der Waals surface area contributed by atoms with Gasteiger partial charge in [0.2, 0.25) is 11.9 Å². The van der Waals surface area contributed by atoms with Crippen LogP contribution < -0.4 is 16.0 Å². The molecule has 1 aliphatic carbocycles. The van der Waals surface area contributed by atoms with Gasteiger partial charge in [0.05, 0.1) is 24.3 Å². The number of rotatable bonds is 7. The zero-order valence-electron chi connectivity index (χ0n) is 24.1. The number of anilines is 1. The molecule has 0 bridgehead atoms. The molecule has 1 aromatic heterocycles. The number of aromatic nitrogens is 2. The molecule has 3 atom stereocenters. The second-order valence-corrected chi connectivity index (χ2v) is 11.2. The van der Waals surface area contributed by atoms with Gasteiger partial charge in [0.15, 0.2) is 5.82 Å². The third-order valence-corrected chi connectivity index (χ3v) is 8.16. The van der Waals surface area contributed by atoms with Gasteiger partial charge in [0, 0.05) is 25.8 Å². The Bertz CT molecular complexity index is 1100. The van der Waals surface area contributed by atoms with Crippen LogP contribution in [-0.2, 0) is 14.3 Å². The van der Waals surface area contributed by atoms with E-state index in [1.807, 2.05) is 13.0 Å². The van der Waals surface area contributed by atoms with Crippen molar-refractivity contribution in [2.75, 3.05) is 26.1 Å². The standard InChI is InChI=1S/C30H45FN6O3/c1-21(20-39-2)32-29(33-26-19-25(36-37-26)22-11-13-23(31)14-12-22)34-28(38)24-15-16-27(40-3)35-30(24)17-9-7-5-4-6-8-10-18-30/h11-14,19,21,24,27,35H,4-10,15-18,20H2,1-3H3,(H3,32,33,34,36,37,38)/t21-,24?,27?/m0/s1. The molecule has 2 fully saturated rings. The number of nitrogens with zero attached hydrogens (tertiary/aromatic N) is 2. The van der Waals surface area contributed by atoms with E-state index < -0.39 is 0 Å². The van der Waals surface area contributed by atoms with Crippen molar-refractivity contribution in [3.8, 4) is 11.3 Å². The van der Waals surface area contributed by atoms with Crippen LogP contribution in [0.25, 0.3) is 11.3 Å². The molecule has 1 amide bonds. The summed E-state index contributed by atoms with van der Waals surface area (Å²) < 4.78 is 24.4. The Hall–Kier alpha value is -2.82. The first kappa shape index (κ1) is 30.1. The van der Waals surface area contributed by atoms with Crippen molar-refractivity contribution in [2.24, 2.45) is 10.9 Å². The lowest BCUT2D eigenvalue weighted by Gasteiger charge is -2.47. The fourth-order valence-corrected chi connectivity index (χ4v) is 6.11. The SMILES string of the molecule is COC[C@H](C)N=C(NC(=O)C1CCC(OC)NC12CCCCCCCCC2)Nc1cc(-c2ccc(F)cc2)[nH]n1. The molecule has 1 aliphatic heterocycles. The molecule has 2 unspecified atom stereocenters. The molecule has 1 aromatic carbocycles. The van der Waals surface area contributed by atoms with Gasteiger partial charge in [0.1, 0.15) is 12.0 Å². The van der Waals surface area contributed by atoms with E-state index in [1.54, 1.807) is 26.4 Å². The summed E-state index contributed by atoms with van der Waals surface area (Å²) >= 11 is 0. The first-order valence-electron chi connectivity index (χ1n) is 14.7. The zero-order valence-corrected chi connectivity index (χ0v) is 24.1. The lowest BCUT2D eigenvalue weighted by atomic mass is 9.70. The minimum absolute atomic E-state index is 0.0473. The smallest absolute Gasteiger partial charge is 0.231 e. The van der Waals surface area contributed by atoms with Crippen molar-refractivity contribution in [1.82, 2.24) is 20.8 Å². The topological polar surface area (TPSA) is 113 Å². The molecule has 10 heteroatoms. The third-order valence-electron chi connectivity index (χ3n) is 8.16. The number of amides is 1. The number of hydrogen-bond donors (Lipinski definition) is 4. The lowest BCUT2D eigenvalue weighted by molar-refractivity contribution is -0.131. The van der Waals surface area contributed by atoms with Gasteiger partial charge in [-0.25, -0.2) is 9.38 Å². The fraction of sp³-hybridized carbons (Fsp3) is 0.633. The van der Waals surface area contributed by atoms with E-state index >= 15 is 0 Å². The molecule has 220 valence electrons. The average molecular weight is 557 g/mol. The number of carbonyl (C=O) groups is 1. The van der Waals surface area contributed by atoms with Gasteiger partial charge >= 0.3 is 0 Å². The van der Waals surface area contributed by atoms with Gasteiger partial charge in [-0.1, -0.05) is 44.9 Å². The molecule has 4 N–H and O–H groups in total. The van der Waals surface area contributed by atoms with Gasteiger partial charge < -0.3 is 14.8 Å². The molecule has 2 aliphatic rings. The quantitative estimate of drug-likeness (QED) is 0.269. The minimum Gasteiger partial charge on any atom is -0.382 e. The van der Waals surface area contributed by atoms with Crippen LogP contribution in [0.5, 0.6) is 0 Å². The summed E-state index contributed by atoms with van der Waals surface area (Å²) in [7, 11) is 3.37. The number of halogens is 1. The third kappa shape index (κ3) is 8.11. The van der Waals surface area contributed by atoms with Gasteiger partial charge in [-0.05, 0) is 62.4 Å². The summed E-state index contributed by atoms with van der Waals surface area (Å²) in [4.78, 5) is 18.7. The average Bonchev–Trinajstić information content (AvgIpc) is 3.41. The number of ether oxygens (including phenoxy) is 2. The summed E-state index contributed by atoms with van der Waals surface area (Å²) in [5.41, 5.74) is 1.21. The number of benzene rings is 1. The Labute approximate surface area is 237 Å². The molecule has 1 spiro atoms. The number of guanidine groups is 1. The van der Waals surface area contributed by atoms with Crippen LogP contribution in [0.1, 0.15) is 77.6 Å². The van der Waals surface area contributed by atoms with E-state index in [1.165, 1.54) is 44.2 Å². The molecule has 40 heavy (non-hydrogen) atoms. The summed E-state index contributed by atoms with van der Waals surface area (Å²) in [6, 6.07) is 7.81.